The van der Waals surface area contributed by atoms with E-state index < -0.39 is 0 Å². The molecule has 1 aromatic rings. The van der Waals surface area contributed by atoms with Crippen molar-refractivity contribution in [2.75, 3.05) is 17.6 Å². The van der Waals surface area contributed by atoms with Crippen molar-refractivity contribution in [1.82, 2.24) is 5.32 Å². The van der Waals surface area contributed by atoms with Crippen LogP contribution in [0.5, 0.6) is 0 Å². The van der Waals surface area contributed by atoms with Crippen molar-refractivity contribution in [1.29, 1.82) is 0 Å². The molecule has 1 aliphatic rings. The van der Waals surface area contributed by atoms with Crippen molar-refractivity contribution in [3.05, 3.63) is 23.8 Å². The van der Waals surface area contributed by atoms with Gasteiger partial charge in [-0.2, -0.15) is 0 Å². The number of nitrogens with one attached hydrogen (secondary N) is 2. The summed E-state index contributed by atoms with van der Waals surface area (Å²) in [5, 5.41) is 6.05. The minimum Gasteiger partial charge on any atom is -0.398 e. The van der Waals surface area contributed by atoms with Crippen LogP contribution in [-0.4, -0.2) is 24.3 Å². The molecule has 102 valence electrons. The summed E-state index contributed by atoms with van der Waals surface area (Å²) in [6.45, 7) is 2.04. The molecule has 0 heterocycles. The first kappa shape index (κ1) is 13.4. The van der Waals surface area contributed by atoms with E-state index in [-0.39, 0.29) is 11.7 Å². The van der Waals surface area contributed by atoms with Crippen LogP contribution in [0.1, 0.15) is 36.5 Å². The number of hydrogen-bond acceptors (Lipinski definition) is 4. The van der Waals surface area contributed by atoms with Crippen molar-refractivity contribution in [2.45, 2.75) is 32.2 Å². The maximum atomic E-state index is 11.5. The van der Waals surface area contributed by atoms with Crippen molar-refractivity contribution in [2.24, 2.45) is 0 Å². The van der Waals surface area contributed by atoms with E-state index in [9.17, 15) is 9.59 Å². The molecule has 0 bridgehead atoms. The van der Waals surface area contributed by atoms with E-state index in [0.717, 1.165) is 18.5 Å². The lowest BCUT2D eigenvalue weighted by Crippen LogP contribution is -2.27. The molecule has 2 rings (SSSR count). The zero-order valence-electron chi connectivity index (χ0n) is 11.0. The normalized spacial score (nSPS) is 13.9. The quantitative estimate of drug-likeness (QED) is 0.536. The molecule has 0 radical (unpaired) electrons. The van der Waals surface area contributed by atoms with Crippen LogP contribution in [0.3, 0.4) is 0 Å². The van der Waals surface area contributed by atoms with E-state index >= 15 is 0 Å². The molecule has 1 amide bonds. The first-order valence-electron chi connectivity index (χ1n) is 6.50. The Morgan fingerprint density at radius 3 is 2.68 bits per heavy atom. The van der Waals surface area contributed by atoms with Gasteiger partial charge >= 0.3 is 0 Å². The molecular formula is C14H19N3O2. The van der Waals surface area contributed by atoms with E-state index in [1.165, 1.54) is 6.92 Å². The summed E-state index contributed by atoms with van der Waals surface area (Å²) in [4.78, 5) is 22.7. The molecule has 1 aliphatic carbocycles. The van der Waals surface area contributed by atoms with Gasteiger partial charge in [-0.05, 0) is 38.0 Å². The molecule has 4 N–H and O–H groups in total. The highest BCUT2D eigenvalue weighted by molar-refractivity contribution is 5.99. The lowest BCUT2D eigenvalue weighted by molar-refractivity contribution is -0.120. The monoisotopic (exact) mass is 261 g/mol. The van der Waals surface area contributed by atoms with Crippen LogP contribution in [0.4, 0.5) is 11.4 Å². The number of ketones is 1. The third kappa shape index (κ3) is 3.98. The average Bonchev–Trinajstić information content (AvgIpc) is 3.12. The lowest BCUT2D eigenvalue weighted by atomic mass is 10.1. The highest BCUT2D eigenvalue weighted by atomic mass is 16.1. The predicted molar refractivity (Wildman–Crippen MR) is 75.1 cm³/mol. The number of anilines is 2. The first-order chi connectivity index (χ1) is 9.06. The van der Waals surface area contributed by atoms with Crippen molar-refractivity contribution < 1.29 is 9.59 Å². The predicted octanol–water partition coefficient (Wildman–Crippen LogP) is 1.55. The van der Waals surface area contributed by atoms with E-state index in [2.05, 4.69) is 10.6 Å². The van der Waals surface area contributed by atoms with Gasteiger partial charge in [0.1, 0.15) is 0 Å². The number of nitrogens with two attached hydrogens (primary N) is 1. The van der Waals surface area contributed by atoms with Crippen LogP contribution in [0.15, 0.2) is 18.2 Å². The van der Waals surface area contributed by atoms with E-state index in [0.29, 0.717) is 30.3 Å². The maximum Gasteiger partial charge on any atom is 0.221 e. The molecule has 0 saturated heterocycles. The van der Waals surface area contributed by atoms with Crippen LogP contribution >= 0.6 is 0 Å². The summed E-state index contributed by atoms with van der Waals surface area (Å²) < 4.78 is 0. The molecule has 5 heteroatoms. The fourth-order valence-electron chi connectivity index (χ4n) is 1.84. The van der Waals surface area contributed by atoms with Crippen molar-refractivity contribution in [3.8, 4) is 0 Å². The van der Waals surface area contributed by atoms with Gasteiger partial charge in [-0.1, -0.05) is 0 Å². The highest BCUT2D eigenvalue weighted by Crippen LogP contribution is 2.19. The van der Waals surface area contributed by atoms with Gasteiger partial charge in [-0.25, -0.2) is 0 Å². The molecule has 0 aliphatic heterocycles. The fourth-order valence-corrected chi connectivity index (χ4v) is 1.84. The lowest BCUT2D eigenvalue weighted by Gasteiger charge is -2.09. The molecule has 1 saturated carbocycles. The third-order valence-electron chi connectivity index (χ3n) is 3.05. The Hall–Kier alpha value is -2.04. The second kappa shape index (κ2) is 5.73. The molecule has 0 atom stereocenters. The Morgan fingerprint density at radius 1 is 1.37 bits per heavy atom. The Morgan fingerprint density at radius 2 is 2.11 bits per heavy atom. The summed E-state index contributed by atoms with van der Waals surface area (Å²) in [6, 6.07) is 5.61. The van der Waals surface area contributed by atoms with Gasteiger partial charge in [-0.15, -0.1) is 0 Å². The third-order valence-corrected chi connectivity index (χ3v) is 3.05. The Kier molecular flexibility index (Phi) is 4.04. The highest BCUT2D eigenvalue weighted by Gasteiger charge is 2.22. The van der Waals surface area contributed by atoms with Gasteiger partial charge in [-0.3, -0.25) is 9.59 Å². The number of carbonyl (C=O) groups excluding carboxylic acids is 2. The number of Topliss-reactive ketones (excluding diaryl/α,β-unsaturated/α-hetero) is 1. The number of benzene rings is 1. The zero-order chi connectivity index (χ0) is 13.8. The summed E-state index contributed by atoms with van der Waals surface area (Å²) in [7, 11) is 0. The van der Waals surface area contributed by atoms with Crippen LogP contribution in [0, 0.1) is 0 Å². The summed E-state index contributed by atoms with van der Waals surface area (Å²) in [6.07, 6.45) is 2.63. The first-order valence-corrected chi connectivity index (χ1v) is 6.50. The summed E-state index contributed by atoms with van der Waals surface area (Å²) in [5.74, 6) is 0.0242. The standard InChI is InChI=1S/C14H19N3O2/c1-9(18)12-5-4-11(8-13(12)15)16-7-6-14(19)17-10-2-3-10/h4-5,8,10,16H,2-3,6-7,15H2,1H3,(H,17,19). The molecule has 0 unspecified atom stereocenters. The minimum absolute atomic E-state index is 0.0483. The number of carbonyl (C=O) groups is 2. The summed E-state index contributed by atoms with van der Waals surface area (Å²) in [5.41, 5.74) is 7.59. The van der Waals surface area contributed by atoms with Crippen LogP contribution in [0.25, 0.3) is 0 Å². The summed E-state index contributed by atoms with van der Waals surface area (Å²) >= 11 is 0. The second-order valence-electron chi connectivity index (χ2n) is 4.88. The molecule has 1 aromatic carbocycles. The van der Waals surface area contributed by atoms with E-state index in [1.807, 2.05) is 0 Å². The Bertz CT molecular complexity index is 495. The van der Waals surface area contributed by atoms with Gasteiger partial charge in [0.2, 0.25) is 5.91 Å². The smallest absolute Gasteiger partial charge is 0.221 e. The van der Waals surface area contributed by atoms with Crippen molar-refractivity contribution >= 4 is 23.1 Å². The Balaban J connectivity index is 1.80. The number of hydrogen-bond donors (Lipinski definition) is 3. The van der Waals surface area contributed by atoms with Gasteiger partial charge in [0.05, 0.1) is 0 Å². The number of rotatable bonds is 6. The van der Waals surface area contributed by atoms with Crippen molar-refractivity contribution in [3.63, 3.8) is 0 Å². The van der Waals surface area contributed by atoms with E-state index in [1.54, 1.807) is 18.2 Å². The Labute approximate surface area is 112 Å². The molecule has 0 spiro atoms. The van der Waals surface area contributed by atoms with Gasteiger partial charge < -0.3 is 16.4 Å². The van der Waals surface area contributed by atoms with Crippen LogP contribution in [-0.2, 0) is 4.79 Å². The van der Waals surface area contributed by atoms with Gasteiger partial charge in [0, 0.05) is 35.9 Å². The largest absolute Gasteiger partial charge is 0.398 e. The number of nitrogen functional groups attached to an aromatic ring is 1. The maximum absolute atomic E-state index is 11.5. The average molecular weight is 261 g/mol. The molecule has 1 fully saturated rings. The molecule has 0 aromatic heterocycles. The van der Waals surface area contributed by atoms with Crippen LogP contribution < -0.4 is 16.4 Å². The van der Waals surface area contributed by atoms with Gasteiger partial charge in [0.15, 0.2) is 5.78 Å². The zero-order valence-corrected chi connectivity index (χ0v) is 11.0. The van der Waals surface area contributed by atoms with Gasteiger partial charge in [0.25, 0.3) is 0 Å². The molecular weight excluding hydrogens is 242 g/mol. The van der Waals surface area contributed by atoms with Crippen LogP contribution in [0.2, 0.25) is 0 Å². The topological polar surface area (TPSA) is 84.2 Å². The number of amides is 1. The minimum atomic E-state index is -0.0483. The van der Waals surface area contributed by atoms with E-state index in [4.69, 9.17) is 5.73 Å². The fraction of sp³-hybridized carbons (Fsp3) is 0.429. The molecule has 19 heavy (non-hydrogen) atoms. The molecule has 5 nitrogen and oxygen atoms in total. The SMILES string of the molecule is CC(=O)c1ccc(NCCC(=O)NC2CC2)cc1N. The second-order valence-corrected chi connectivity index (χ2v) is 4.88.